The first-order valence-electron chi connectivity index (χ1n) is 15.3. The number of carbonyl (C=O) groups is 2. The van der Waals surface area contributed by atoms with E-state index >= 15 is 0 Å². The molecule has 0 aromatic heterocycles. The van der Waals surface area contributed by atoms with Crippen LogP contribution in [0.2, 0.25) is 0 Å². The van der Waals surface area contributed by atoms with Gasteiger partial charge in [-0.2, -0.15) is 0 Å². The highest BCUT2D eigenvalue weighted by Gasteiger charge is 2.30. The molecule has 2 heterocycles. The lowest BCUT2D eigenvalue weighted by molar-refractivity contribution is -0.127. The molecule has 0 fully saturated rings. The summed E-state index contributed by atoms with van der Waals surface area (Å²) in [5, 5.41) is 0. The number of rotatable bonds is 4. The van der Waals surface area contributed by atoms with Gasteiger partial charge in [-0.15, -0.1) is 0 Å². The quantitative estimate of drug-likeness (QED) is 0.229. The van der Waals surface area contributed by atoms with E-state index in [2.05, 4.69) is 126 Å². The molecule has 2 amide bonds. The van der Waals surface area contributed by atoms with Crippen molar-refractivity contribution in [3.8, 4) is 0 Å². The van der Waals surface area contributed by atoms with Gasteiger partial charge in [0.05, 0.1) is 0 Å². The molecule has 0 bridgehead atoms. The number of hydrogen-bond acceptors (Lipinski definition) is 2. The highest BCUT2D eigenvalue weighted by atomic mass is 16.2. The van der Waals surface area contributed by atoms with Gasteiger partial charge in [-0.1, -0.05) is 109 Å². The molecule has 44 heavy (non-hydrogen) atoms. The largest absolute Gasteiger partial charge is 0.334 e. The maximum absolute atomic E-state index is 12.1. The van der Waals surface area contributed by atoms with E-state index in [4.69, 9.17) is 0 Å². The normalized spacial score (nSPS) is 17.0. The van der Waals surface area contributed by atoms with E-state index in [0.29, 0.717) is 26.2 Å². The summed E-state index contributed by atoms with van der Waals surface area (Å²) >= 11 is 0. The molecule has 0 saturated carbocycles. The molecule has 4 heteroatoms. The van der Waals surface area contributed by atoms with Crippen LogP contribution < -0.4 is 0 Å². The third-order valence-electron chi connectivity index (χ3n) is 8.98. The van der Waals surface area contributed by atoms with Crippen LogP contribution in [0.25, 0.3) is 0 Å². The topological polar surface area (TPSA) is 40.6 Å². The van der Waals surface area contributed by atoms with Crippen LogP contribution in [0.5, 0.6) is 0 Å². The van der Waals surface area contributed by atoms with E-state index in [9.17, 15) is 9.59 Å². The summed E-state index contributed by atoms with van der Waals surface area (Å²) in [5.74, 6) is 0.473. The Hall–Kier alpha value is -4.70. The third-order valence-corrected chi connectivity index (χ3v) is 8.98. The van der Waals surface area contributed by atoms with E-state index < -0.39 is 0 Å². The molecule has 0 unspecified atom stereocenters. The second-order valence-electron chi connectivity index (χ2n) is 12.1. The fourth-order valence-corrected chi connectivity index (χ4v) is 6.68. The lowest BCUT2D eigenvalue weighted by Gasteiger charge is -2.35. The van der Waals surface area contributed by atoms with Gasteiger partial charge in [0.2, 0.25) is 11.8 Å². The first kappa shape index (κ1) is 30.7. The number of nitrogens with zero attached hydrogens (tertiary/aromatic N) is 2. The Labute approximate surface area is 262 Å². The minimum Gasteiger partial charge on any atom is -0.334 e. The average molecular weight is 583 g/mol. The summed E-state index contributed by atoms with van der Waals surface area (Å²) in [6.45, 7) is 18.5. The zero-order valence-corrected chi connectivity index (χ0v) is 26.3. The Morgan fingerprint density at radius 3 is 1.34 bits per heavy atom. The van der Waals surface area contributed by atoms with Gasteiger partial charge in [0.1, 0.15) is 0 Å². The molecule has 6 rings (SSSR count). The summed E-state index contributed by atoms with van der Waals surface area (Å²) in [7, 11) is 0. The van der Waals surface area contributed by atoms with Crippen molar-refractivity contribution in [3.63, 3.8) is 0 Å². The molecule has 224 valence electrons. The number of carbonyl (C=O) groups excluding carboxylic acids is 2. The molecule has 0 saturated heterocycles. The molecule has 0 spiro atoms. The van der Waals surface area contributed by atoms with Crippen molar-refractivity contribution >= 4 is 11.8 Å². The fraction of sp³-hybridized carbons (Fsp3) is 0.250. The van der Waals surface area contributed by atoms with Gasteiger partial charge in [-0.3, -0.25) is 9.59 Å². The predicted octanol–water partition coefficient (Wildman–Crippen LogP) is 7.93. The monoisotopic (exact) mass is 582 g/mol. The molecule has 4 aromatic rings. The van der Waals surface area contributed by atoms with Crippen molar-refractivity contribution < 1.29 is 9.59 Å². The lowest BCUT2D eigenvalue weighted by atomic mass is 9.82. The average Bonchev–Trinajstić information content (AvgIpc) is 3.03. The molecular formula is C40H42N2O2. The van der Waals surface area contributed by atoms with Gasteiger partial charge < -0.3 is 9.80 Å². The Bertz CT molecular complexity index is 1590. The van der Waals surface area contributed by atoms with Crippen LogP contribution in [0.1, 0.15) is 67.5 Å². The van der Waals surface area contributed by atoms with E-state index in [1.807, 2.05) is 9.80 Å². The van der Waals surface area contributed by atoms with Gasteiger partial charge in [-0.25, -0.2) is 0 Å². The maximum Gasteiger partial charge on any atom is 0.246 e. The first-order chi connectivity index (χ1) is 21.2. The number of amides is 2. The van der Waals surface area contributed by atoms with Crippen molar-refractivity contribution in [2.75, 3.05) is 13.1 Å². The van der Waals surface area contributed by atoms with Crippen LogP contribution in [-0.2, 0) is 22.7 Å². The number of hydrogen-bond donors (Lipinski definition) is 0. The fourth-order valence-electron chi connectivity index (χ4n) is 6.68. The van der Waals surface area contributed by atoms with Crippen LogP contribution in [0.15, 0.2) is 110 Å². The molecule has 0 N–H and O–H groups in total. The molecule has 0 radical (unpaired) electrons. The van der Waals surface area contributed by atoms with Gasteiger partial charge in [0.15, 0.2) is 0 Å². The van der Waals surface area contributed by atoms with Crippen LogP contribution >= 0.6 is 0 Å². The Morgan fingerprint density at radius 2 is 0.977 bits per heavy atom. The van der Waals surface area contributed by atoms with E-state index in [1.54, 1.807) is 0 Å². The number of aryl methyl sites for hydroxylation is 4. The van der Waals surface area contributed by atoms with Crippen LogP contribution in [0.4, 0.5) is 0 Å². The molecular weight excluding hydrogens is 540 g/mol. The summed E-state index contributed by atoms with van der Waals surface area (Å²) in [6.07, 6.45) is 2.82. The standard InChI is InChI=1S/2C20H21NO/c2*1-4-20(22)21-12-16-11-14(2)9-10-18(16)19(13-21)17-8-6-5-7-15(17)3/h2*4-11,19H,1,12-13H2,2-3H3/t2*19-/m10/s1. The van der Waals surface area contributed by atoms with Gasteiger partial charge in [0, 0.05) is 38.0 Å². The van der Waals surface area contributed by atoms with Crippen molar-refractivity contribution in [3.05, 3.63) is 166 Å². The van der Waals surface area contributed by atoms with Crippen LogP contribution in [0, 0.1) is 27.7 Å². The van der Waals surface area contributed by atoms with Gasteiger partial charge >= 0.3 is 0 Å². The molecule has 2 atom stereocenters. The zero-order valence-electron chi connectivity index (χ0n) is 26.3. The second-order valence-corrected chi connectivity index (χ2v) is 12.1. The van der Waals surface area contributed by atoms with Crippen molar-refractivity contribution in [1.82, 2.24) is 9.80 Å². The molecule has 2 aliphatic rings. The van der Waals surface area contributed by atoms with Crippen molar-refractivity contribution in [2.24, 2.45) is 0 Å². The number of benzene rings is 4. The first-order valence-corrected chi connectivity index (χ1v) is 15.3. The zero-order chi connectivity index (χ0) is 31.4. The summed E-state index contributed by atoms with van der Waals surface area (Å²) < 4.78 is 0. The van der Waals surface area contributed by atoms with Crippen LogP contribution in [0.3, 0.4) is 0 Å². The van der Waals surface area contributed by atoms with Gasteiger partial charge in [-0.05, 0) is 84.4 Å². The second kappa shape index (κ2) is 13.3. The molecule has 2 aliphatic heterocycles. The van der Waals surface area contributed by atoms with Gasteiger partial charge in [0.25, 0.3) is 0 Å². The lowest BCUT2D eigenvalue weighted by Crippen LogP contribution is -2.37. The van der Waals surface area contributed by atoms with E-state index in [-0.39, 0.29) is 23.7 Å². The van der Waals surface area contributed by atoms with Crippen LogP contribution in [-0.4, -0.2) is 34.7 Å². The van der Waals surface area contributed by atoms with Crippen molar-refractivity contribution in [1.29, 1.82) is 0 Å². The summed E-state index contributed by atoms with van der Waals surface area (Å²) in [5.41, 5.74) is 12.8. The Morgan fingerprint density at radius 1 is 0.591 bits per heavy atom. The Balaban J connectivity index is 0.000000175. The molecule has 0 aliphatic carbocycles. The molecule has 4 nitrogen and oxygen atoms in total. The highest BCUT2D eigenvalue weighted by molar-refractivity contribution is 5.88. The highest BCUT2D eigenvalue weighted by Crippen LogP contribution is 2.37. The smallest absolute Gasteiger partial charge is 0.246 e. The predicted molar refractivity (Wildman–Crippen MR) is 180 cm³/mol. The maximum atomic E-state index is 12.1. The Kier molecular flexibility index (Phi) is 9.29. The minimum atomic E-state index is 0.00532. The van der Waals surface area contributed by atoms with E-state index in [1.165, 1.54) is 67.8 Å². The number of fused-ring (bicyclic) bond motifs is 2. The molecule has 4 aromatic carbocycles. The SMILES string of the molecule is C=CC(=O)N1Cc2cc(C)ccc2[C@@H](c2ccccc2C)C1.C=CC(=O)N1Cc2cc(C)ccc2[C@H](c2ccccc2C)C1. The minimum absolute atomic E-state index is 0.00532. The van der Waals surface area contributed by atoms with Crippen molar-refractivity contribution in [2.45, 2.75) is 52.6 Å². The van der Waals surface area contributed by atoms with E-state index in [0.717, 1.165) is 0 Å². The summed E-state index contributed by atoms with van der Waals surface area (Å²) in [4.78, 5) is 28.1. The summed E-state index contributed by atoms with van der Waals surface area (Å²) in [6, 6.07) is 30.0. The third kappa shape index (κ3) is 6.45.